The Kier molecular flexibility index (Phi) is 3.35. The largest absolute Gasteiger partial charge is 0.213 e. The minimum atomic E-state index is 0. The maximum absolute atomic E-state index is 2.08. The molecule has 1 rings (SSSR count). The first-order valence-electron chi connectivity index (χ1n) is 2.08. The molecule has 35 valence electrons. The first kappa shape index (κ1) is 7.22. The summed E-state index contributed by atoms with van der Waals surface area (Å²) >= 11 is 0. The Balaban J connectivity index is 0.000000360. The van der Waals surface area contributed by atoms with E-state index < -0.39 is 0 Å². The fourth-order valence-corrected chi connectivity index (χ4v) is 0.470. The monoisotopic (exact) mass is 124 g/mol. The van der Waals surface area contributed by atoms with Crippen LogP contribution in [0.25, 0.3) is 0 Å². The SMILES string of the molecule is C[c-]1cccc1.[Sc]. The van der Waals surface area contributed by atoms with Crippen LogP contribution in [0.1, 0.15) is 5.56 Å². The Bertz CT molecular complexity index is 108. The predicted molar refractivity (Wildman–Crippen MR) is 26.8 cm³/mol. The van der Waals surface area contributed by atoms with Crippen LogP contribution in [0.5, 0.6) is 0 Å². The smallest absolute Gasteiger partial charge is 0 e. The first-order valence-corrected chi connectivity index (χ1v) is 2.08. The summed E-state index contributed by atoms with van der Waals surface area (Å²) in [6.07, 6.45) is 0. The molecule has 0 nitrogen and oxygen atoms in total. The molecular weight excluding hydrogens is 117 g/mol. The molecule has 0 aliphatic carbocycles. The normalized spacial score (nSPS) is 7.57. The molecule has 0 amide bonds. The van der Waals surface area contributed by atoms with Gasteiger partial charge in [-0.1, -0.05) is 6.92 Å². The van der Waals surface area contributed by atoms with Crippen LogP contribution in [0, 0.1) is 6.92 Å². The van der Waals surface area contributed by atoms with Crippen molar-refractivity contribution in [3.05, 3.63) is 29.8 Å². The van der Waals surface area contributed by atoms with Crippen LogP contribution in [-0.2, 0) is 25.8 Å². The summed E-state index contributed by atoms with van der Waals surface area (Å²) in [7, 11) is 0. The van der Waals surface area contributed by atoms with Gasteiger partial charge in [0.15, 0.2) is 0 Å². The standard InChI is InChI=1S/C6H7.Sc/c1-6-4-2-3-5-6;/h2-5H,1H3;/q-1;. The van der Waals surface area contributed by atoms with E-state index in [1.807, 2.05) is 12.1 Å². The average Bonchev–Trinajstić information content (AvgIpc) is 1.86. The molecule has 0 spiro atoms. The van der Waals surface area contributed by atoms with Crippen molar-refractivity contribution in [3.63, 3.8) is 0 Å². The van der Waals surface area contributed by atoms with E-state index in [4.69, 9.17) is 0 Å². The van der Waals surface area contributed by atoms with E-state index in [-0.39, 0.29) is 25.8 Å². The third-order valence-corrected chi connectivity index (χ3v) is 0.829. The van der Waals surface area contributed by atoms with Crippen LogP contribution in [0.2, 0.25) is 0 Å². The quantitative estimate of drug-likeness (QED) is 0.462. The fourth-order valence-electron chi connectivity index (χ4n) is 0.470. The Hall–Kier alpha value is 0.220. The zero-order chi connectivity index (χ0) is 4.41. The number of rotatable bonds is 0. The van der Waals surface area contributed by atoms with Gasteiger partial charge in [-0.3, -0.25) is 0 Å². The molecule has 0 aliphatic rings. The fraction of sp³-hybridized carbons (Fsp3) is 0.167. The zero-order valence-corrected chi connectivity index (χ0v) is 6.19. The summed E-state index contributed by atoms with van der Waals surface area (Å²) in [6.45, 7) is 2.08. The molecule has 0 bridgehead atoms. The van der Waals surface area contributed by atoms with E-state index in [1.54, 1.807) is 0 Å². The van der Waals surface area contributed by atoms with Gasteiger partial charge in [-0.2, -0.15) is 17.7 Å². The molecule has 1 aromatic carbocycles. The second-order valence-electron chi connectivity index (χ2n) is 1.46. The van der Waals surface area contributed by atoms with Crippen molar-refractivity contribution in [2.24, 2.45) is 0 Å². The second-order valence-corrected chi connectivity index (χ2v) is 1.46. The van der Waals surface area contributed by atoms with Crippen LogP contribution < -0.4 is 0 Å². The molecular formula is C6H7Sc-. The van der Waals surface area contributed by atoms with Gasteiger partial charge < -0.3 is 0 Å². The van der Waals surface area contributed by atoms with Crippen LogP contribution in [0.4, 0.5) is 0 Å². The van der Waals surface area contributed by atoms with Gasteiger partial charge in [0.2, 0.25) is 0 Å². The Labute approximate surface area is 62.7 Å². The van der Waals surface area contributed by atoms with Crippen molar-refractivity contribution in [1.29, 1.82) is 0 Å². The van der Waals surface area contributed by atoms with Crippen molar-refractivity contribution < 1.29 is 25.8 Å². The molecule has 1 aromatic rings. The van der Waals surface area contributed by atoms with Gasteiger partial charge in [0.1, 0.15) is 0 Å². The molecule has 0 saturated heterocycles. The molecule has 0 aromatic heterocycles. The van der Waals surface area contributed by atoms with Crippen LogP contribution >= 0.6 is 0 Å². The molecule has 7 heavy (non-hydrogen) atoms. The topological polar surface area (TPSA) is 0 Å². The van der Waals surface area contributed by atoms with Crippen molar-refractivity contribution in [3.8, 4) is 0 Å². The maximum atomic E-state index is 2.08. The third kappa shape index (κ3) is 2.13. The summed E-state index contributed by atoms with van der Waals surface area (Å²) in [6, 6.07) is 8.24. The molecule has 0 heterocycles. The van der Waals surface area contributed by atoms with E-state index in [1.165, 1.54) is 5.56 Å². The van der Waals surface area contributed by atoms with Gasteiger partial charge in [-0.25, -0.2) is 12.1 Å². The van der Waals surface area contributed by atoms with E-state index in [9.17, 15) is 0 Å². The summed E-state index contributed by atoms with van der Waals surface area (Å²) < 4.78 is 0. The van der Waals surface area contributed by atoms with Gasteiger partial charge in [-0.15, -0.1) is 0 Å². The second kappa shape index (κ2) is 3.25. The van der Waals surface area contributed by atoms with Gasteiger partial charge in [0, 0.05) is 25.8 Å². The van der Waals surface area contributed by atoms with E-state index in [0.29, 0.717) is 0 Å². The van der Waals surface area contributed by atoms with Gasteiger partial charge in [0.25, 0.3) is 0 Å². The molecule has 1 radical (unpaired) electrons. The van der Waals surface area contributed by atoms with Gasteiger partial charge in [0.05, 0.1) is 0 Å². The van der Waals surface area contributed by atoms with E-state index in [0.717, 1.165) is 0 Å². The third-order valence-electron chi connectivity index (χ3n) is 0.829. The minimum absolute atomic E-state index is 0. The molecule has 0 saturated carbocycles. The van der Waals surface area contributed by atoms with Crippen molar-refractivity contribution >= 4 is 0 Å². The minimum Gasteiger partial charge on any atom is -0.213 e. The first-order chi connectivity index (χ1) is 2.89. The van der Waals surface area contributed by atoms with E-state index in [2.05, 4.69) is 19.1 Å². The van der Waals surface area contributed by atoms with Crippen LogP contribution in [0.3, 0.4) is 0 Å². The van der Waals surface area contributed by atoms with Gasteiger partial charge >= 0.3 is 0 Å². The number of hydrogen-bond acceptors (Lipinski definition) is 0. The Morgan fingerprint density at radius 2 is 1.57 bits per heavy atom. The van der Waals surface area contributed by atoms with Gasteiger partial charge in [-0.05, 0) is 0 Å². The Morgan fingerprint density at radius 3 is 1.71 bits per heavy atom. The molecule has 0 N–H and O–H groups in total. The maximum Gasteiger partial charge on any atom is 0 e. The molecule has 1 heteroatoms. The predicted octanol–water partition coefficient (Wildman–Crippen LogP) is 1.71. The van der Waals surface area contributed by atoms with Crippen LogP contribution in [0.15, 0.2) is 24.3 Å². The molecule has 0 fully saturated rings. The zero-order valence-electron chi connectivity index (χ0n) is 4.39. The molecule has 0 aliphatic heterocycles. The number of aryl methyl sites for hydroxylation is 1. The average molecular weight is 124 g/mol. The summed E-state index contributed by atoms with van der Waals surface area (Å²) in [5.74, 6) is 0. The number of hydrogen-bond donors (Lipinski definition) is 0. The van der Waals surface area contributed by atoms with Crippen molar-refractivity contribution in [2.45, 2.75) is 6.92 Å². The molecule has 0 unspecified atom stereocenters. The Morgan fingerprint density at radius 1 is 1.14 bits per heavy atom. The summed E-state index contributed by atoms with van der Waals surface area (Å²) in [5.41, 5.74) is 1.34. The van der Waals surface area contributed by atoms with E-state index >= 15 is 0 Å². The van der Waals surface area contributed by atoms with Crippen molar-refractivity contribution in [2.75, 3.05) is 0 Å². The summed E-state index contributed by atoms with van der Waals surface area (Å²) in [4.78, 5) is 0. The van der Waals surface area contributed by atoms with Crippen molar-refractivity contribution in [1.82, 2.24) is 0 Å². The van der Waals surface area contributed by atoms with Crippen LogP contribution in [-0.4, -0.2) is 0 Å². The summed E-state index contributed by atoms with van der Waals surface area (Å²) in [5, 5.41) is 0. The molecule has 0 atom stereocenters.